The fourth-order valence-corrected chi connectivity index (χ4v) is 2.03. The van der Waals surface area contributed by atoms with Gasteiger partial charge < -0.3 is 15.6 Å². The molecule has 0 bridgehead atoms. The van der Waals surface area contributed by atoms with Crippen LogP contribution in [0.4, 0.5) is 17.5 Å². The topological polar surface area (TPSA) is 78.5 Å². The summed E-state index contributed by atoms with van der Waals surface area (Å²) < 4.78 is 0. The lowest BCUT2D eigenvalue weighted by Crippen LogP contribution is -2.05. The molecule has 2 heterocycles. The molecule has 20 heavy (non-hydrogen) atoms. The molecule has 0 saturated heterocycles. The number of anilines is 3. The number of hydrogen-bond acceptors (Lipinski definition) is 5. The molecule has 3 N–H and O–H groups in total. The van der Waals surface area contributed by atoms with Gasteiger partial charge in [0.25, 0.3) is 0 Å². The minimum Gasteiger partial charge on any atom is -0.354 e. The molecule has 6 nitrogen and oxygen atoms in total. The van der Waals surface area contributed by atoms with Crippen LogP contribution < -0.4 is 10.6 Å². The first kappa shape index (κ1) is 12.7. The second-order valence-electron chi connectivity index (χ2n) is 4.13. The Morgan fingerprint density at radius 1 is 1.25 bits per heavy atom. The number of nitrogens with zero attached hydrogens (tertiary/aromatic N) is 3. The van der Waals surface area contributed by atoms with E-state index in [0.29, 0.717) is 22.4 Å². The molecule has 3 rings (SSSR count). The molecule has 0 atom stereocenters. The van der Waals surface area contributed by atoms with Crippen LogP contribution in [0.15, 0.2) is 30.6 Å². The summed E-state index contributed by atoms with van der Waals surface area (Å²) in [6.45, 7) is 2.72. The zero-order valence-corrected chi connectivity index (χ0v) is 11.6. The summed E-state index contributed by atoms with van der Waals surface area (Å²) in [5.74, 6) is 1.17. The number of aromatic nitrogens is 4. The van der Waals surface area contributed by atoms with E-state index < -0.39 is 0 Å². The monoisotopic (exact) mass is 288 g/mol. The van der Waals surface area contributed by atoms with Gasteiger partial charge in [-0.3, -0.25) is 0 Å². The van der Waals surface area contributed by atoms with Crippen LogP contribution in [0, 0.1) is 0 Å². The maximum absolute atomic E-state index is 6.15. The molecule has 0 aliphatic rings. The largest absolute Gasteiger partial charge is 0.354 e. The molecule has 0 radical (unpaired) electrons. The van der Waals surface area contributed by atoms with E-state index >= 15 is 0 Å². The molecule has 0 amide bonds. The summed E-state index contributed by atoms with van der Waals surface area (Å²) in [5.41, 5.74) is 2.13. The Hall–Kier alpha value is -2.34. The van der Waals surface area contributed by atoms with Gasteiger partial charge >= 0.3 is 0 Å². The van der Waals surface area contributed by atoms with E-state index in [-0.39, 0.29) is 0 Å². The third-order valence-electron chi connectivity index (χ3n) is 2.75. The molecule has 1 aromatic carbocycles. The van der Waals surface area contributed by atoms with E-state index in [1.54, 1.807) is 6.33 Å². The molecule has 0 fully saturated rings. The average molecular weight is 289 g/mol. The first-order valence-electron chi connectivity index (χ1n) is 6.24. The number of para-hydroxylation sites is 1. The van der Waals surface area contributed by atoms with Crippen LogP contribution in [0.3, 0.4) is 0 Å². The van der Waals surface area contributed by atoms with Crippen molar-refractivity contribution in [3.63, 3.8) is 0 Å². The van der Waals surface area contributed by atoms with Gasteiger partial charge in [-0.2, -0.15) is 9.97 Å². The van der Waals surface area contributed by atoms with Crippen LogP contribution in [-0.2, 0) is 0 Å². The third kappa shape index (κ3) is 2.37. The predicted molar refractivity (Wildman–Crippen MR) is 80.6 cm³/mol. The standard InChI is InChI=1S/C13H13ClN6/c1-2-15-13-19-11-10(16-7-17-11)12(20-13)18-9-6-4-3-5-8(9)14/h3-7H,2H2,1H3,(H3,15,16,17,18,19,20). The Kier molecular flexibility index (Phi) is 3.39. The Morgan fingerprint density at radius 3 is 2.90 bits per heavy atom. The Morgan fingerprint density at radius 2 is 2.10 bits per heavy atom. The molecule has 3 aromatic rings. The molecule has 0 aliphatic heterocycles. The van der Waals surface area contributed by atoms with Gasteiger partial charge in [-0.25, -0.2) is 4.98 Å². The minimum absolute atomic E-state index is 0.529. The lowest BCUT2D eigenvalue weighted by atomic mass is 10.3. The van der Waals surface area contributed by atoms with Crippen LogP contribution in [0.2, 0.25) is 5.02 Å². The number of imidazole rings is 1. The average Bonchev–Trinajstić information content (AvgIpc) is 2.90. The lowest BCUT2D eigenvalue weighted by molar-refractivity contribution is 1.10. The highest BCUT2D eigenvalue weighted by Crippen LogP contribution is 2.27. The van der Waals surface area contributed by atoms with Crippen molar-refractivity contribution in [2.75, 3.05) is 17.2 Å². The van der Waals surface area contributed by atoms with Gasteiger partial charge in [0.15, 0.2) is 11.5 Å². The number of aromatic amines is 1. The molecule has 0 spiro atoms. The summed E-state index contributed by atoms with van der Waals surface area (Å²) in [6.07, 6.45) is 1.59. The predicted octanol–water partition coefficient (Wildman–Crippen LogP) is 3.18. The van der Waals surface area contributed by atoms with Crippen molar-refractivity contribution in [1.82, 2.24) is 19.9 Å². The first-order chi connectivity index (χ1) is 9.78. The molecule has 0 unspecified atom stereocenters. The Labute approximate surface area is 120 Å². The Bertz CT molecular complexity index is 739. The van der Waals surface area contributed by atoms with Crippen LogP contribution in [-0.4, -0.2) is 26.5 Å². The summed E-state index contributed by atoms with van der Waals surface area (Å²) in [7, 11) is 0. The third-order valence-corrected chi connectivity index (χ3v) is 3.08. The van der Waals surface area contributed by atoms with Gasteiger partial charge in [0.2, 0.25) is 5.95 Å². The first-order valence-corrected chi connectivity index (χ1v) is 6.62. The zero-order chi connectivity index (χ0) is 13.9. The van der Waals surface area contributed by atoms with Crippen molar-refractivity contribution in [3.8, 4) is 0 Å². The summed E-state index contributed by atoms with van der Waals surface area (Å²) >= 11 is 6.15. The summed E-state index contributed by atoms with van der Waals surface area (Å²) in [4.78, 5) is 15.9. The van der Waals surface area contributed by atoms with Crippen molar-refractivity contribution < 1.29 is 0 Å². The molecule has 2 aromatic heterocycles. The van der Waals surface area contributed by atoms with Crippen LogP contribution >= 0.6 is 11.6 Å². The van der Waals surface area contributed by atoms with E-state index in [9.17, 15) is 0 Å². The van der Waals surface area contributed by atoms with E-state index in [1.165, 1.54) is 0 Å². The maximum atomic E-state index is 6.15. The summed E-state index contributed by atoms with van der Waals surface area (Å²) in [5, 5.41) is 6.92. The van der Waals surface area contributed by atoms with E-state index in [0.717, 1.165) is 17.7 Å². The minimum atomic E-state index is 0.529. The maximum Gasteiger partial charge on any atom is 0.226 e. The highest BCUT2D eigenvalue weighted by atomic mass is 35.5. The normalized spacial score (nSPS) is 10.7. The molecule has 0 aliphatic carbocycles. The van der Waals surface area contributed by atoms with Gasteiger partial charge in [-0.15, -0.1) is 0 Å². The molecule has 102 valence electrons. The van der Waals surface area contributed by atoms with Gasteiger partial charge in [0.05, 0.1) is 17.0 Å². The number of nitrogens with one attached hydrogen (secondary N) is 3. The number of H-pyrrole nitrogens is 1. The van der Waals surface area contributed by atoms with Crippen molar-refractivity contribution in [3.05, 3.63) is 35.6 Å². The second-order valence-corrected chi connectivity index (χ2v) is 4.54. The summed E-state index contributed by atoms with van der Waals surface area (Å²) in [6, 6.07) is 7.49. The number of halogens is 1. The zero-order valence-electron chi connectivity index (χ0n) is 10.8. The fourth-order valence-electron chi connectivity index (χ4n) is 1.85. The highest BCUT2D eigenvalue weighted by molar-refractivity contribution is 6.33. The van der Waals surface area contributed by atoms with Gasteiger partial charge in [0.1, 0.15) is 5.52 Å². The molecule has 0 saturated carbocycles. The van der Waals surface area contributed by atoms with Gasteiger partial charge in [-0.1, -0.05) is 23.7 Å². The quantitative estimate of drug-likeness (QED) is 0.687. The van der Waals surface area contributed by atoms with Crippen LogP contribution in [0.25, 0.3) is 11.2 Å². The number of hydrogen-bond donors (Lipinski definition) is 3. The van der Waals surface area contributed by atoms with Crippen molar-refractivity contribution in [1.29, 1.82) is 0 Å². The van der Waals surface area contributed by atoms with Crippen molar-refractivity contribution in [2.24, 2.45) is 0 Å². The smallest absolute Gasteiger partial charge is 0.226 e. The van der Waals surface area contributed by atoms with E-state index in [2.05, 4.69) is 30.6 Å². The number of fused-ring (bicyclic) bond motifs is 1. The molecular weight excluding hydrogens is 276 g/mol. The van der Waals surface area contributed by atoms with Gasteiger partial charge in [-0.05, 0) is 19.1 Å². The number of benzene rings is 1. The number of rotatable bonds is 4. The second kappa shape index (κ2) is 5.34. The fraction of sp³-hybridized carbons (Fsp3) is 0.154. The van der Waals surface area contributed by atoms with E-state index in [1.807, 2.05) is 31.2 Å². The highest BCUT2D eigenvalue weighted by Gasteiger charge is 2.10. The lowest BCUT2D eigenvalue weighted by Gasteiger charge is -2.09. The van der Waals surface area contributed by atoms with E-state index in [4.69, 9.17) is 11.6 Å². The SMILES string of the molecule is CCNc1nc(Nc2ccccc2Cl)c2[nH]cnc2n1. The van der Waals surface area contributed by atoms with Crippen molar-refractivity contribution in [2.45, 2.75) is 6.92 Å². The van der Waals surface area contributed by atoms with Gasteiger partial charge in [0, 0.05) is 6.54 Å². The van der Waals surface area contributed by atoms with Crippen LogP contribution in [0.1, 0.15) is 6.92 Å². The molecule has 7 heteroatoms. The van der Waals surface area contributed by atoms with Crippen LogP contribution in [0.5, 0.6) is 0 Å². The molecular formula is C13H13ClN6. The van der Waals surface area contributed by atoms with Crippen molar-refractivity contribution >= 4 is 40.2 Å². The Balaban J connectivity index is 2.05.